The molecule has 1 N–H and O–H groups in total. The van der Waals surface area contributed by atoms with Crippen LogP contribution >= 0.6 is 11.6 Å². The van der Waals surface area contributed by atoms with Crippen molar-refractivity contribution in [1.29, 1.82) is 0 Å². The van der Waals surface area contributed by atoms with Crippen molar-refractivity contribution in [3.8, 4) is 5.75 Å². The molecule has 24 heavy (non-hydrogen) atoms. The van der Waals surface area contributed by atoms with Gasteiger partial charge in [-0.2, -0.15) is 0 Å². The monoisotopic (exact) mass is 368 g/mol. The normalized spacial score (nSPS) is 11.1. The van der Waals surface area contributed by atoms with Crippen molar-refractivity contribution in [2.75, 3.05) is 7.11 Å². The number of pyridine rings is 1. The number of ether oxygens (including phenoxy) is 1. The third-order valence-corrected chi connectivity index (χ3v) is 4.73. The lowest BCUT2D eigenvalue weighted by Crippen LogP contribution is -2.32. The molecule has 1 aromatic heterocycles. The molecule has 2 rings (SSSR count). The van der Waals surface area contributed by atoms with Crippen LogP contribution in [0.4, 0.5) is 0 Å². The SMILES string of the molecule is COc1cc(CC(=O)NS(=O)(=O)Cc2ccc(Cl)nc2)ccc1C. The fourth-order valence-corrected chi connectivity index (χ4v) is 3.33. The van der Waals surface area contributed by atoms with Crippen LogP contribution < -0.4 is 9.46 Å². The second-order valence-corrected chi connectivity index (χ2v) is 7.36. The van der Waals surface area contributed by atoms with Crippen molar-refractivity contribution in [2.24, 2.45) is 0 Å². The Labute approximate surface area is 145 Å². The van der Waals surface area contributed by atoms with Gasteiger partial charge in [0.15, 0.2) is 0 Å². The zero-order valence-electron chi connectivity index (χ0n) is 13.2. The first kappa shape index (κ1) is 18.2. The van der Waals surface area contributed by atoms with E-state index in [0.717, 1.165) is 5.56 Å². The molecule has 2 aromatic rings. The molecule has 0 atom stereocenters. The molecule has 0 saturated heterocycles. The van der Waals surface area contributed by atoms with E-state index in [0.29, 0.717) is 16.9 Å². The Morgan fingerprint density at radius 2 is 1.96 bits per heavy atom. The highest BCUT2D eigenvalue weighted by Crippen LogP contribution is 2.19. The van der Waals surface area contributed by atoms with E-state index in [2.05, 4.69) is 9.71 Å². The van der Waals surface area contributed by atoms with Gasteiger partial charge in [-0.25, -0.2) is 13.4 Å². The molecule has 0 bridgehead atoms. The van der Waals surface area contributed by atoms with Crippen molar-refractivity contribution >= 4 is 27.5 Å². The third-order valence-electron chi connectivity index (χ3n) is 3.25. The van der Waals surface area contributed by atoms with Gasteiger partial charge >= 0.3 is 0 Å². The Morgan fingerprint density at radius 3 is 2.58 bits per heavy atom. The second-order valence-electron chi connectivity index (χ2n) is 5.25. The summed E-state index contributed by atoms with van der Waals surface area (Å²) < 4.78 is 31.3. The van der Waals surface area contributed by atoms with Gasteiger partial charge in [0.05, 0.1) is 19.3 Å². The van der Waals surface area contributed by atoms with Gasteiger partial charge in [-0.15, -0.1) is 0 Å². The minimum absolute atomic E-state index is 0.0608. The molecule has 0 aliphatic rings. The van der Waals surface area contributed by atoms with E-state index in [1.165, 1.54) is 19.4 Å². The van der Waals surface area contributed by atoms with E-state index in [1.54, 1.807) is 18.2 Å². The number of hydrogen-bond donors (Lipinski definition) is 1. The number of amides is 1. The van der Waals surface area contributed by atoms with Crippen LogP contribution in [0.25, 0.3) is 0 Å². The Kier molecular flexibility index (Phi) is 5.80. The summed E-state index contributed by atoms with van der Waals surface area (Å²) in [4.78, 5) is 15.8. The lowest BCUT2D eigenvalue weighted by atomic mass is 10.1. The van der Waals surface area contributed by atoms with E-state index < -0.39 is 15.9 Å². The quantitative estimate of drug-likeness (QED) is 0.790. The fraction of sp³-hybridized carbons (Fsp3) is 0.250. The van der Waals surface area contributed by atoms with Gasteiger partial charge in [-0.3, -0.25) is 9.52 Å². The standard InChI is InChI=1S/C16H17ClN2O4S/c1-11-3-4-12(7-14(11)23-2)8-16(20)19-24(21,22)10-13-5-6-15(17)18-9-13/h3-7,9H,8,10H2,1-2H3,(H,19,20). The first-order chi connectivity index (χ1) is 11.3. The highest BCUT2D eigenvalue weighted by atomic mass is 35.5. The molecule has 1 heterocycles. The molecule has 128 valence electrons. The number of methoxy groups -OCH3 is 1. The van der Waals surface area contributed by atoms with E-state index >= 15 is 0 Å². The molecule has 1 aromatic carbocycles. The van der Waals surface area contributed by atoms with Crippen molar-refractivity contribution in [3.05, 3.63) is 58.4 Å². The predicted molar refractivity (Wildman–Crippen MR) is 91.4 cm³/mol. The smallest absolute Gasteiger partial charge is 0.239 e. The van der Waals surface area contributed by atoms with Crippen LogP contribution in [0.5, 0.6) is 5.75 Å². The maximum atomic E-state index is 12.0. The Bertz CT molecular complexity index is 836. The van der Waals surface area contributed by atoms with Crippen LogP contribution in [-0.4, -0.2) is 26.4 Å². The first-order valence-corrected chi connectivity index (χ1v) is 9.09. The summed E-state index contributed by atoms with van der Waals surface area (Å²) >= 11 is 5.65. The van der Waals surface area contributed by atoms with Crippen LogP contribution in [0, 0.1) is 6.92 Å². The van der Waals surface area contributed by atoms with Crippen LogP contribution in [0.2, 0.25) is 5.15 Å². The van der Waals surface area contributed by atoms with Crippen LogP contribution in [0.1, 0.15) is 16.7 Å². The van der Waals surface area contributed by atoms with E-state index in [4.69, 9.17) is 16.3 Å². The molecule has 0 fully saturated rings. The number of nitrogens with one attached hydrogen (secondary N) is 1. The molecule has 8 heteroatoms. The molecule has 6 nitrogen and oxygen atoms in total. The lowest BCUT2D eigenvalue weighted by Gasteiger charge is -2.09. The average molecular weight is 369 g/mol. The van der Waals surface area contributed by atoms with Crippen LogP contribution in [0.3, 0.4) is 0 Å². The Balaban J connectivity index is 2.01. The van der Waals surface area contributed by atoms with Gasteiger partial charge in [0.25, 0.3) is 0 Å². The average Bonchev–Trinajstić information content (AvgIpc) is 2.50. The number of carbonyl (C=O) groups excluding carboxylic acids is 1. The number of halogens is 1. The molecule has 0 radical (unpaired) electrons. The summed E-state index contributed by atoms with van der Waals surface area (Å²) in [5, 5.41) is 0.272. The number of rotatable bonds is 6. The van der Waals surface area contributed by atoms with Gasteiger partial charge in [0.2, 0.25) is 15.9 Å². The molecule has 1 amide bonds. The molecule has 0 aliphatic carbocycles. The van der Waals surface area contributed by atoms with Gasteiger partial charge in [-0.05, 0) is 35.7 Å². The number of aromatic nitrogens is 1. The summed E-state index contributed by atoms with van der Waals surface area (Å²) in [7, 11) is -2.27. The van der Waals surface area contributed by atoms with Crippen LogP contribution in [0.15, 0.2) is 36.5 Å². The fourth-order valence-electron chi connectivity index (χ4n) is 2.12. The van der Waals surface area contributed by atoms with Crippen molar-refractivity contribution < 1.29 is 17.9 Å². The largest absolute Gasteiger partial charge is 0.496 e. The minimum Gasteiger partial charge on any atom is -0.496 e. The molecular formula is C16H17ClN2O4S. The highest BCUT2D eigenvalue weighted by molar-refractivity contribution is 7.89. The molecule has 0 spiro atoms. The second kappa shape index (κ2) is 7.63. The Hall–Kier alpha value is -2.12. The summed E-state index contributed by atoms with van der Waals surface area (Å²) in [6.07, 6.45) is 1.30. The van der Waals surface area contributed by atoms with Crippen LogP contribution in [-0.2, 0) is 27.0 Å². The van der Waals surface area contributed by atoms with Gasteiger partial charge in [0, 0.05) is 6.20 Å². The van der Waals surface area contributed by atoms with E-state index in [9.17, 15) is 13.2 Å². The van der Waals surface area contributed by atoms with Gasteiger partial charge in [-0.1, -0.05) is 29.8 Å². The van der Waals surface area contributed by atoms with Gasteiger partial charge in [0.1, 0.15) is 10.9 Å². The highest BCUT2D eigenvalue weighted by Gasteiger charge is 2.16. The third kappa shape index (κ3) is 5.21. The lowest BCUT2D eigenvalue weighted by molar-refractivity contribution is -0.118. The van der Waals surface area contributed by atoms with Gasteiger partial charge < -0.3 is 4.74 Å². The zero-order chi connectivity index (χ0) is 17.7. The molecule has 0 aliphatic heterocycles. The number of nitrogens with zero attached hydrogens (tertiary/aromatic N) is 1. The topological polar surface area (TPSA) is 85.4 Å². The molecule has 0 unspecified atom stereocenters. The molecular weight excluding hydrogens is 352 g/mol. The number of carbonyl (C=O) groups is 1. The van der Waals surface area contributed by atoms with E-state index in [1.807, 2.05) is 13.0 Å². The summed E-state index contributed by atoms with van der Waals surface area (Å²) in [5.41, 5.74) is 2.04. The summed E-state index contributed by atoms with van der Waals surface area (Å²) in [6.45, 7) is 1.88. The minimum atomic E-state index is -3.80. The number of hydrogen-bond acceptors (Lipinski definition) is 5. The first-order valence-electron chi connectivity index (χ1n) is 7.06. The summed E-state index contributed by atoms with van der Waals surface area (Å²) in [5.74, 6) is -0.307. The maximum absolute atomic E-state index is 12.0. The summed E-state index contributed by atoms with van der Waals surface area (Å²) in [6, 6.07) is 8.32. The number of sulfonamides is 1. The van der Waals surface area contributed by atoms with E-state index in [-0.39, 0.29) is 17.3 Å². The van der Waals surface area contributed by atoms with Crippen molar-refractivity contribution in [1.82, 2.24) is 9.71 Å². The maximum Gasteiger partial charge on any atom is 0.239 e. The zero-order valence-corrected chi connectivity index (χ0v) is 14.8. The number of benzene rings is 1. The number of aryl methyl sites for hydroxylation is 1. The van der Waals surface area contributed by atoms with Crippen molar-refractivity contribution in [3.63, 3.8) is 0 Å². The Morgan fingerprint density at radius 1 is 1.25 bits per heavy atom. The van der Waals surface area contributed by atoms with Crippen molar-refractivity contribution in [2.45, 2.75) is 19.1 Å². The molecule has 0 saturated carbocycles. The predicted octanol–water partition coefficient (Wildman–Crippen LogP) is 2.24.